The van der Waals surface area contributed by atoms with Gasteiger partial charge < -0.3 is 15.3 Å². The van der Waals surface area contributed by atoms with E-state index < -0.39 is 10.0 Å². The van der Waals surface area contributed by atoms with Crippen molar-refractivity contribution in [1.82, 2.24) is 19.2 Å². The van der Waals surface area contributed by atoms with E-state index in [1.807, 2.05) is 17.0 Å². The minimum Gasteiger partial charge on any atom is -0.325 e. The number of piperazine rings is 1. The van der Waals surface area contributed by atoms with E-state index in [1.165, 1.54) is 9.87 Å². The lowest BCUT2D eigenvalue weighted by atomic mass is 9.92. The average molecular weight is 470 g/mol. The molecule has 174 valence electrons. The number of nitrogens with zero attached hydrogens (tertiary/aromatic N) is 2. The molecular weight excluding hydrogens is 442 g/mol. The van der Waals surface area contributed by atoms with Gasteiger partial charge in [-0.3, -0.25) is 9.69 Å². The molecule has 0 saturated carbocycles. The second-order valence-electron chi connectivity index (χ2n) is 8.71. The van der Waals surface area contributed by atoms with Crippen molar-refractivity contribution in [3.05, 3.63) is 58.0 Å². The fourth-order valence-electron chi connectivity index (χ4n) is 4.66. The number of rotatable bonds is 5. The van der Waals surface area contributed by atoms with Crippen LogP contribution < -0.4 is 11.0 Å². The molecule has 1 aliphatic carbocycles. The highest BCUT2D eigenvalue weighted by Crippen LogP contribution is 2.26. The zero-order valence-electron chi connectivity index (χ0n) is 18.3. The van der Waals surface area contributed by atoms with Gasteiger partial charge in [0.1, 0.15) is 0 Å². The van der Waals surface area contributed by atoms with Gasteiger partial charge >= 0.3 is 5.69 Å². The van der Waals surface area contributed by atoms with Gasteiger partial charge in [0.05, 0.1) is 22.5 Å². The van der Waals surface area contributed by atoms with Crippen LogP contribution in [-0.4, -0.2) is 66.2 Å². The smallest absolute Gasteiger partial charge is 0.323 e. The maximum Gasteiger partial charge on any atom is 0.323 e. The highest BCUT2D eigenvalue weighted by molar-refractivity contribution is 7.89. The van der Waals surface area contributed by atoms with Crippen LogP contribution >= 0.6 is 0 Å². The normalized spacial score (nSPS) is 17.7. The van der Waals surface area contributed by atoms with Crippen molar-refractivity contribution in [2.45, 2.75) is 30.6 Å². The van der Waals surface area contributed by atoms with Crippen LogP contribution in [0.15, 0.2) is 46.1 Å². The Bertz CT molecular complexity index is 1350. The van der Waals surface area contributed by atoms with Gasteiger partial charge in [-0.25, -0.2) is 13.2 Å². The maximum atomic E-state index is 13.2. The minimum atomic E-state index is -3.54. The lowest BCUT2D eigenvalue weighted by Crippen LogP contribution is -2.50. The van der Waals surface area contributed by atoms with Crippen LogP contribution in [0.5, 0.6) is 0 Å². The van der Waals surface area contributed by atoms with Crippen LogP contribution in [0.3, 0.4) is 0 Å². The van der Waals surface area contributed by atoms with Crippen molar-refractivity contribution >= 4 is 32.7 Å². The molecule has 2 aliphatic rings. The molecule has 1 aliphatic heterocycles. The molecule has 0 bridgehead atoms. The lowest BCUT2D eigenvalue weighted by Gasteiger charge is -2.33. The quantitative estimate of drug-likeness (QED) is 0.525. The predicted molar refractivity (Wildman–Crippen MR) is 126 cm³/mol. The standard InChI is InChI=1S/C23H27N5O4S/c29-22(24-18-6-8-20-21(14-18)26-23(30)25-20)15-27-9-11-28(12-10-27)33(31,32)19-7-5-16-3-1-2-4-17(16)13-19/h5-8,13-14H,1-4,9-12,15H2,(H,24,29)(H2,25,26,30). The Hall–Kier alpha value is -2.95. The van der Waals surface area contributed by atoms with Crippen molar-refractivity contribution in [3.63, 3.8) is 0 Å². The molecule has 3 N–H and O–H groups in total. The van der Waals surface area contributed by atoms with Gasteiger partial charge in [-0.1, -0.05) is 6.07 Å². The Kier molecular flexibility index (Phi) is 5.81. The van der Waals surface area contributed by atoms with Gasteiger partial charge in [-0.2, -0.15) is 4.31 Å². The van der Waals surface area contributed by atoms with Gasteiger partial charge in [0.25, 0.3) is 0 Å². The van der Waals surface area contributed by atoms with E-state index in [0.717, 1.165) is 31.2 Å². The molecule has 2 heterocycles. The van der Waals surface area contributed by atoms with Crippen molar-refractivity contribution in [3.8, 4) is 0 Å². The van der Waals surface area contributed by atoms with Crippen LogP contribution in [0.4, 0.5) is 5.69 Å². The summed E-state index contributed by atoms with van der Waals surface area (Å²) in [5.41, 5.74) is 4.01. The Balaban J connectivity index is 1.18. The summed E-state index contributed by atoms with van der Waals surface area (Å²) in [7, 11) is -3.54. The number of sulfonamides is 1. The number of fused-ring (bicyclic) bond motifs is 2. The molecule has 3 aromatic rings. The first-order valence-electron chi connectivity index (χ1n) is 11.2. The van der Waals surface area contributed by atoms with E-state index in [4.69, 9.17) is 0 Å². The number of aromatic nitrogens is 2. The van der Waals surface area contributed by atoms with Gasteiger partial charge in [-0.15, -0.1) is 0 Å². The summed E-state index contributed by atoms with van der Waals surface area (Å²) in [5, 5.41) is 2.84. The molecule has 1 fully saturated rings. The summed E-state index contributed by atoms with van der Waals surface area (Å²) in [5.74, 6) is -0.182. The first-order valence-corrected chi connectivity index (χ1v) is 12.7. The first-order chi connectivity index (χ1) is 15.9. The number of benzene rings is 2. The van der Waals surface area contributed by atoms with Crippen molar-refractivity contribution in [1.29, 1.82) is 0 Å². The fraction of sp³-hybridized carbons (Fsp3) is 0.391. The summed E-state index contributed by atoms with van der Waals surface area (Å²) in [4.78, 5) is 31.5. The monoisotopic (exact) mass is 469 g/mol. The molecule has 1 aromatic heterocycles. The Labute approximate surface area is 191 Å². The van der Waals surface area contributed by atoms with Crippen molar-refractivity contribution in [2.24, 2.45) is 0 Å². The Morgan fingerprint density at radius 1 is 0.909 bits per heavy atom. The van der Waals surface area contributed by atoms with E-state index in [-0.39, 0.29) is 18.1 Å². The van der Waals surface area contributed by atoms with E-state index in [1.54, 1.807) is 24.3 Å². The molecule has 0 radical (unpaired) electrons. The molecule has 0 spiro atoms. The molecule has 0 atom stereocenters. The van der Waals surface area contributed by atoms with Crippen molar-refractivity contribution in [2.75, 3.05) is 38.0 Å². The number of amides is 1. The highest BCUT2D eigenvalue weighted by Gasteiger charge is 2.29. The van der Waals surface area contributed by atoms with E-state index in [9.17, 15) is 18.0 Å². The van der Waals surface area contributed by atoms with Crippen LogP contribution in [0, 0.1) is 0 Å². The predicted octanol–water partition coefficient (Wildman–Crippen LogP) is 1.68. The van der Waals surface area contributed by atoms with E-state index in [2.05, 4.69) is 15.3 Å². The number of anilines is 1. The number of imidazole rings is 1. The summed E-state index contributed by atoms with van der Waals surface area (Å²) in [6, 6.07) is 10.7. The molecule has 1 saturated heterocycles. The largest absolute Gasteiger partial charge is 0.325 e. The van der Waals surface area contributed by atoms with Gasteiger partial charge in [0, 0.05) is 31.9 Å². The van der Waals surface area contributed by atoms with E-state index in [0.29, 0.717) is 47.8 Å². The van der Waals surface area contributed by atoms with E-state index >= 15 is 0 Å². The second-order valence-corrected chi connectivity index (χ2v) is 10.6. The zero-order valence-corrected chi connectivity index (χ0v) is 19.1. The van der Waals surface area contributed by atoms with Gasteiger partial charge in [0.15, 0.2) is 0 Å². The summed E-state index contributed by atoms with van der Waals surface area (Å²) < 4.78 is 27.8. The van der Waals surface area contributed by atoms with Crippen molar-refractivity contribution < 1.29 is 13.2 Å². The third-order valence-corrected chi connectivity index (χ3v) is 8.35. The third-order valence-electron chi connectivity index (χ3n) is 6.46. The van der Waals surface area contributed by atoms with Crippen LogP contribution in [0.25, 0.3) is 11.0 Å². The number of aryl methyl sites for hydroxylation is 2. The Morgan fingerprint density at radius 3 is 2.42 bits per heavy atom. The van der Waals surface area contributed by atoms with Crippen LogP contribution in [0.2, 0.25) is 0 Å². The number of nitrogens with one attached hydrogen (secondary N) is 3. The fourth-order valence-corrected chi connectivity index (χ4v) is 6.13. The molecule has 9 nitrogen and oxygen atoms in total. The number of carbonyl (C=O) groups is 1. The van der Waals surface area contributed by atoms with Crippen LogP contribution in [0.1, 0.15) is 24.0 Å². The lowest BCUT2D eigenvalue weighted by molar-refractivity contribution is -0.117. The highest BCUT2D eigenvalue weighted by atomic mass is 32.2. The zero-order chi connectivity index (χ0) is 23.0. The summed E-state index contributed by atoms with van der Waals surface area (Å²) in [6.45, 7) is 1.85. The number of carbonyl (C=O) groups excluding carboxylic acids is 1. The molecular formula is C23H27N5O4S. The molecule has 5 rings (SSSR count). The number of hydrogen-bond donors (Lipinski definition) is 3. The second kappa shape index (κ2) is 8.77. The topological polar surface area (TPSA) is 118 Å². The van der Waals surface area contributed by atoms with Gasteiger partial charge in [-0.05, 0) is 67.1 Å². The van der Waals surface area contributed by atoms with Crippen LogP contribution in [-0.2, 0) is 27.7 Å². The minimum absolute atomic E-state index is 0.175. The number of H-pyrrole nitrogens is 2. The molecule has 2 aromatic carbocycles. The summed E-state index contributed by atoms with van der Waals surface area (Å²) in [6.07, 6.45) is 4.23. The molecule has 33 heavy (non-hydrogen) atoms. The summed E-state index contributed by atoms with van der Waals surface area (Å²) >= 11 is 0. The maximum absolute atomic E-state index is 13.2. The number of aromatic amines is 2. The number of hydrogen-bond acceptors (Lipinski definition) is 5. The first kappa shape index (κ1) is 21.9. The molecule has 1 amide bonds. The average Bonchev–Trinajstić information content (AvgIpc) is 3.18. The molecule has 10 heteroatoms. The SMILES string of the molecule is O=C(CN1CCN(S(=O)(=O)c2ccc3c(c2)CCCC3)CC1)Nc1ccc2[nH]c(=O)[nH]c2c1. The molecule has 0 unspecified atom stereocenters. The Morgan fingerprint density at radius 2 is 1.64 bits per heavy atom. The third kappa shape index (κ3) is 4.59. The van der Waals surface area contributed by atoms with Gasteiger partial charge in [0.2, 0.25) is 15.9 Å².